The number of halogens is 1. The van der Waals surface area contributed by atoms with Gasteiger partial charge in [-0.05, 0) is 42.5 Å². The third-order valence-corrected chi connectivity index (χ3v) is 3.99. The van der Waals surface area contributed by atoms with E-state index < -0.39 is 0 Å². The van der Waals surface area contributed by atoms with E-state index in [9.17, 15) is 9.59 Å². The normalized spacial score (nSPS) is 13.3. The minimum Gasteiger partial charge on any atom is -0.492 e. The zero-order valence-electron chi connectivity index (χ0n) is 14.0. The van der Waals surface area contributed by atoms with Gasteiger partial charge in [-0.25, -0.2) is 9.59 Å². The molecular formula is C18H19ClN4O3. The summed E-state index contributed by atoms with van der Waals surface area (Å²) in [5.41, 5.74) is 1.35. The van der Waals surface area contributed by atoms with E-state index in [0.29, 0.717) is 42.7 Å². The molecule has 4 amide bonds. The first-order valence-electron chi connectivity index (χ1n) is 8.20. The highest BCUT2D eigenvalue weighted by atomic mass is 35.5. The van der Waals surface area contributed by atoms with Crippen molar-refractivity contribution in [2.75, 3.05) is 36.5 Å². The molecule has 0 atom stereocenters. The molecule has 0 saturated carbocycles. The molecule has 1 saturated heterocycles. The van der Waals surface area contributed by atoms with Crippen molar-refractivity contribution in [3.05, 3.63) is 53.6 Å². The summed E-state index contributed by atoms with van der Waals surface area (Å²) in [5.74, 6) is 0.688. The summed E-state index contributed by atoms with van der Waals surface area (Å²) >= 11 is 5.81. The molecule has 7 nitrogen and oxygen atoms in total. The zero-order chi connectivity index (χ0) is 18.4. The highest BCUT2D eigenvalue weighted by Gasteiger charge is 2.21. The molecule has 1 fully saturated rings. The first-order valence-corrected chi connectivity index (χ1v) is 8.58. The summed E-state index contributed by atoms with van der Waals surface area (Å²) in [6, 6.07) is 13.7. The Labute approximate surface area is 156 Å². The number of nitrogens with zero attached hydrogens (tertiary/aromatic N) is 1. The van der Waals surface area contributed by atoms with Crippen LogP contribution in [0.2, 0.25) is 5.02 Å². The SMILES string of the molecule is O=C(NCCOc1ccc(Cl)cc1)Nc1cccc(N2CCNC2=O)c1. The average molecular weight is 375 g/mol. The molecule has 3 N–H and O–H groups in total. The maximum atomic E-state index is 12.0. The fourth-order valence-corrected chi connectivity index (χ4v) is 2.64. The molecule has 0 aliphatic carbocycles. The molecule has 0 radical (unpaired) electrons. The molecule has 0 spiro atoms. The van der Waals surface area contributed by atoms with E-state index in [1.54, 1.807) is 47.4 Å². The fraction of sp³-hybridized carbons (Fsp3) is 0.222. The van der Waals surface area contributed by atoms with Gasteiger partial charge in [-0.15, -0.1) is 0 Å². The molecule has 136 valence electrons. The van der Waals surface area contributed by atoms with Gasteiger partial charge in [0, 0.05) is 29.5 Å². The summed E-state index contributed by atoms with van der Waals surface area (Å²) in [5, 5.41) is 8.85. The van der Waals surface area contributed by atoms with Crippen molar-refractivity contribution in [1.82, 2.24) is 10.6 Å². The second-order valence-corrected chi connectivity index (χ2v) is 6.05. The zero-order valence-corrected chi connectivity index (χ0v) is 14.8. The number of hydrogen-bond donors (Lipinski definition) is 3. The lowest BCUT2D eigenvalue weighted by molar-refractivity contribution is 0.247. The molecule has 0 bridgehead atoms. The Hall–Kier alpha value is -2.93. The maximum Gasteiger partial charge on any atom is 0.321 e. The number of amides is 4. The van der Waals surface area contributed by atoms with Crippen LogP contribution in [-0.2, 0) is 0 Å². The number of nitrogens with one attached hydrogen (secondary N) is 3. The second kappa shape index (κ2) is 8.44. The molecule has 8 heteroatoms. The number of anilines is 2. The van der Waals surface area contributed by atoms with E-state index >= 15 is 0 Å². The van der Waals surface area contributed by atoms with Gasteiger partial charge >= 0.3 is 12.1 Å². The van der Waals surface area contributed by atoms with Gasteiger partial charge < -0.3 is 20.7 Å². The summed E-state index contributed by atoms with van der Waals surface area (Å²) in [6.07, 6.45) is 0. The molecule has 0 unspecified atom stereocenters. The Balaban J connectivity index is 1.44. The minimum atomic E-state index is -0.340. The van der Waals surface area contributed by atoms with Crippen LogP contribution in [0.25, 0.3) is 0 Å². The number of urea groups is 2. The quantitative estimate of drug-likeness (QED) is 0.679. The Bertz CT molecular complexity index is 782. The van der Waals surface area contributed by atoms with E-state index in [4.69, 9.17) is 16.3 Å². The highest BCUT2D eigenvalue weighted by Crippen LogP contribution is 2.21. The van der Waals surface area contributed by atoms with Gasteiger partial charge in [-0.3, -0.25) is 4.90 Å². The van der Waals surface area contributed by atoms with Gasteiger partial charge in [0.15, 0.2) is 0 Å². The summed E-state index contributed by atoms with van der Waals surface area (Å²) in [6.45, 7) is 1.91. The van der Waals surface area contributed by atoms with Gasteiger partial charge in [-0.1, -0.05) is 17.7 Å². The van der Waals surface area contributed by atoms with Crippen LogP contribution in [0, 0.1) is 0 Å². The Kier molecular flexibility index (Phi) is 5.80. The van der Waals surface area contributed by atoms with Gasteiger partial charge in [0.2, 0.25) is 0 Å². The van der Waals surface area contributed by atoms with E-state index in [1.807, 2.05) is 6.07 Å². The lowest BCUT2D eigenvalue weighted by Gasteiger charge is -2.15. The van der Waals surface area contributed by atoms with Crippen LogP contribution in [0.5, 0.6) is 5.75 Å². The predicted octanol–water partition coefficient (Wildman–Crippen LogP) is 3.07. The predicted molar refractivity (Wildman–Crippen MR) is 101 cm³/mol. The smallest absolute Gasteiger partial charge is 0.321 e. The van der Waals surface area contributed by atoms with Crippen LogP contribution in [0.15, 0.2) is 48.5 Å². The largest absolute Gasteiger partial charge is 0.492 e. The monoisotopic (exact) mass is 374 g/mol. The van der Waals surface area contributed by atoms with Gasteiger partial charge in [0.1, 0.15) is 12.4 Å². The second-order valence-electron chi connectivity index (χ2n) is 5.62. The van der Waals surface area contributed by atoms with E-state index in [-0.39, 0.29) is 12.1 Å². The van der Waals surface area contributed by atoms with Crippen molar-refractivity contribution < 1.29 is 14.3 Å². The number of ether oxygens (including phenoxy) is 1. The van der Waals surface area contributed by atoms with Gasteiger partial charge in [0.25, 0.3) is 0 Å². The third-order valence-electron chi connectivity index (χ3n) is 3.74. The van der Waals surface area contributed by atoms with Crippen LogP contribution in [0.3, 0.4) is 0 Å². The van der Waals surface area contributed by atoms with Crippen LogP contribution >= 0.6 is 11.6 Å². The Morgan fingerprint density at radius 3 is 2.77 bits per heavy atom. The van der Waals surface area contributed by atoms with Crippen molar-refractivity contribution in [3.63, 3.8) is 0 Å². The number of hydrogen-bond acceptors (Lipinski definition) is 3. The van der Waals surface area contributed by atoms with Crippen LogP contribution in [-0.4, -0.2) is 38.3 Å². The topological polar surface area (TPSA) is 82.7 Å². The minimum absolute atomic E-state index is 0.133. The summed E-state index contributed by atoms with van der Waals surface area (Å²) in [7, 11) is 0. The molecule has 3 rings (SSSR count). The average Bonchev–Trinajstić information content (AvgIpc) is 3.06. The van der Waals surface area contributed by atoms with Crippen LogP contribution < -0.4 is 25.6 Å². The first-order chi connectivity index (χ1) is 12.6. The van der Waals surface area contributed by atoms with Crippen molar-refractivity contribution >= 4 is 35.0 Å². The number of benzene rings is 2. The Morgan fingerprint density at radius 2 is 2.04 bits per heavy atom. The van der Waals surface area contributed by atoms with E-state index in [1.165, 1.54) is 0 Å². The molecular weight excluding hydrogens is 356 g/mol. The molecule has 1 aliphatic heterocycles. The Morgan fingerprint density at radius 1 is 1.23 bits per heavy atom. The third kappa shape index (κ3) is 4.80. The number of carbonyl (C=O) groups is 2. The van der Waals surface area contributed by atoms with Crippen molar-refractivity contribution in [3.8, 4) is 5.75 Å². The fourth-order valence-electron chi connectivity index (χ4n) is 2.51. The van der Waals surface area contributed by atoms with Crippen molar-refractivity contribution in [2.24, 2.45) is 0 Å². The van der Waals surface area contributed by atoms with Crippen LogP contribution in [0.1, 0.15) is 0 Å². The summed E-state index contributed by atoms with van der Waals surface area (Å²) < 4.78 is 5.51. The van der Waals surface area contributed by atoms with Crippen LogP contribution in [0.4, 0.5) is 21.0 Å². The van der Waals surface area contributed by atoms with Crippen molar-refractivity contribution in [1.29, 1.82) is 0 Å². The number of carbonyl (C=O) groups excluding carboxylic acids is 2. The molecule has 2 aromatic rings. The van der Waals surface area contributed by atoms with E-state index in [2.05, 4.69) is 16.0 Å². The highest BCUT2D eigenvalue weighted by molar-refractivity contribution is 6.30. The molecule has 1 aliphatic rings. The van der Waals surface area contributed by atoms with Gasteiger partial charge in [-0.2, -0.15) is 0 Å². The van der Waals surface area contributed by atoms with E-state index in [0.717, 1.165) is 5.69 Å². The lowest BCUT2D eigenvalue weighted by atomic mass is 10.2. The molecule has 1 heterocycles. The molecule has 0 aromatic heterocycles. The lowest BCUT2D eigenvalue weighted by Crippen LogP contribution is -2.32. The standard InChI is InChI=1S/C18H19ClN4O3/c19-13-4-6-16(7-5-13)26-11-9-20-17(24)22-14-2-1-3-15(12-14)23-10-8-21-18(23)25/h1-7,12H,8-11H2,(H,21,25)(H2,20,22,24). The van der Waals surface area contributed by atoms with Gasteiger partial charge in [0.05, 0.1) is 6.54 Å². The summed E-state index contributed by atoms with van der Waals surface area (Å²) in [4.78, 5) is 25.3. The van der Waals surface area contributed by atoms with Crippen molar-refractivity contribution in [2.45, 2.75) is 0 Å². The number of rotatable bonds is 6. The first kappa shape index (κ1) is 17.9. The molecule has 2 aromatic carbocycles. The molecule has 26 heavy (non-hydrogen) atoms. The maximum absolute atomic E-state index is 12.0.